The molecule has 2 N–H and O–H groups in total. The Labute approximate surface area is 168 Å². The summed E-state index contributed by atoms with van der Waals surface area (Å²) < 4.78 is 16.5. The van der Waals surface area contributed by atoms with E-state index in [1.165, 1.54) is 11.1 Å². The van der Waals surface area contributed by atoms with Crippen LogP contribution in [0.25, 0.3) is 0 Å². The third-order valence-electron chi connectivity index (χ3n) is 5.34. The molecule has 1 unspecified atom stereocenters. The Hall–Kier alpha value is -1.99. The van der Waals surface area contributed by atoms with E-state index in [1.54, 1.807) is 14.2 Å². The summed E-state index contributed by atoms with van der Waals surface area (Å²) in [5, 5.41) is 6.78. The molecular formula is C21H34N4O3. The van der Waals surface area contributed by atoms with Crippen LogP contribution in [0.4, 0.5) is 0 Å². The molecule has 2 heterocycles. The van der Waals surface area contributed by atoms with Gasteiger partial charge in [-0.3, -0.25) is 9.89 Å². The zero-order valence-corrected chi connectivity index (χ0v) is 17.4. The van der Waals surface area contributed by atoms with Gasteiger partial charge in [-0.05, 0) is 49.4 Å². The second-order valence-corrected chi connectivity index (χ2v) is 7.28. The van der Waals surface area contributed by atoms with Gasteiger partial charge in [0.05, 0.1) is 26.9 Å². The first kappa shape index (κ1) is 20.7. The van der Waals surface area contributed by atoms with Crippen molar-refractivity contribution in [3.05, 3.63) is 23.3 Å². The second kappa shape index (κ2) is 10.5. The van der Waals surface area contributed by atoms with E-state index in [2.05, 4.69) is 39.6 Å². The Morgan fingerprint density at radius 1 is 1.21 bits per heavy atom. The van der Waals surface area contributed by atoms with Crippen LogP contribution in [-0.2, 0) is 17.7 Å². The largest absolute Gasteiger partial charge is 0.493 e. The highest BCUT2D eigenvalue weighted by Gasteiger charge is 2.19. The van der Waals surface area contributed by atoms with Crippen LogP contribution in [0.5, 0.6) is 11.5 Å². The van der Waals surface area contributed by atoms with E-state index in [-0.39, 0.29) is 6.10 Å². The Morgan fingerprint density at radius 3 is 2.68 bits per heavy atom. The predicted octanol–water partition coefficient (Wildman–Crippen LogP) is 1.80. The Bertz CT molecular complexity index is 659. The van der Waals surface area contributed by atoms with Crippen LogP contribution in [0.2, 0.25) is 0 Å². The van der Waals surface area contributed by atoms with E-state index in [1.807, 2.05) is 0 Å². The van der Waals surface area contributed by atoms with Gasteiger partial charge in [0, 0.05) is 39.3 Å². The molecule has 0 aliphatic carbocycles. The minimum atomic E-state index is 0.279. The smallest absolute Gasteiger partial charge is 0.191 e. The van der Waals surface area contributed by atoms with Gasteiger partial charge >= 0.3 is 0 Å². The van der Waals surface area contributed by atoms with E-state index in [0.717, 1.165) is 82.6 Å². The van der Waals surface area contributed by atoms with Crippen molar-refractivity contribution in [3.63, 3.8) is 0 Å². The van der Waals surface area contributed by atoms with E-state index < -0.39 is 0 Å². The Morgan fingerprint density at radius 2 is 2.00 bits per heavy atom. The molecule has 2 aliphatic rings. The van der Waals surface area contributed by atoms with Crippen molar-refractivity contribution in [1.29, 1.82) is 0 Å². The zero-order chi connectivity index (χ0) is 19.8. The summed E-state index contributed by atoms with van der Waals surface area (Å²) in [6.07, 6.45) is 3.57. The van der Waals surface area contributed by atoms with Crippen molar-refractivity contribution in [2.45, 2.75) is 38.8 Å². The fourth-order valence-corrected chi connectivity index (χ4v) is 3.79. The quantitative estimate of drug-likeness (QED) is 0.521. The van der Waals surface area contributed by atoms with Crippen molar-refractivity contribution in [3.8, 4) is 11.5 Å². The highest BCUT2D eigenvalue weighted by molar-refractivity contribution is 5.79. The van der Waals surface area contributed by atoms with Crippen molar-refractivity contribution in [2.75, 3.05) is 53.6 Å². The summed E-state index contributed by atoms with van der Waals surface area (Å²) >= 11 is 0. The number of guanidine groups is 1. The van der Waals surface area contributed by atoms with Gasteiger partial charge in [-0.1, -0.05) is 0 Å². The first-order valence-electron chi connectivity index (χ1n) is 10.3. The van der Waals surface area contributed by atoms with Gasteiger partial charge in [-0.2, -0.15) is 0 Å². The van der Waals surface area contributed by atoms with E-state index in [0.29, 0.717) is 0 Å². The molecule has 0 amide bonds. The monoisotopic (exact) mass is 390 g/mol. The number of aliphatic imine (C=N–C) groups is 1. The lowest BCUT2D eigenvalue weighted by atomic mass is 9.99. The predicted molar refractivity (Wildman–Crippen MR) is 111 cm³/mol. The molecule has 2 aliphatic heterocycles. The first-order valence-corrected chi connectivity index (χ1v) is 10.3. The van der Waals surface area contributed by atoms with E-state index in [9.17, 15) is 0 Å². The van der Waals surface area contributed by atoms with Crippen molar-refractivity contribution < 1.29 is 14.2 Å². The highest BCUT2D eigenvalue weighted by Crippen LogP contribution is 2.33. The average molecular weight is 391 g/mol. The number of ether oxygens (including phenoxy) is 3. The fraction of sp³-hybridized carbons (Fsp3) is 0.667. The molecule has 7 nitrogen and oxygen atoms in total. The summed E-state index contributed by atoms with van der Waals surface area (Å²) in [5.74, 6) is 2.49. The van der Waals surface area contributed by atoms with E-state index >= 15 is 0 Å². The van der Waals surface area contributed by atoms with Gasteiger partial charge in [0.15, 0.2) is 17.5 Å². The molecule has 3 rings (SSSR count). The molecule has 28 heavy (non-hydrogen) atoms. The molecule has 0 spiro atoms. The molecule has 7 heteroatoms. The summed E-state index contributed by atoms with van der Waals surface area (Å²) in [4.78, 5) is 7.14. The Balaban J connectivity index is 1.50. The van der Waals surface area contributed by atoms with Crippen LogP contribution in [0.3, 0.4) is 0 Å². The van der Waals surface area contributed by atoms with Gasteiger partial charge in [0.25, 0.3) is 0 Å². The van der Waals surface area contributed by atoms with Crippen molar-refractivity contribution in [1.82, 2.24) is 15.5 Å². The lowest BCUT2D eigenvalue weighted by Crippen LogP contribution is -2.43. The molecule has 0 radical (unpaired) electrons. The lowest BCUT2D eigenvalue weighted by Gasteiger charge is -2.29. The first-order chi connectivity index (χ1) is 13.7. The molecule has 1 aromatic rings. The number of rotatable bonds is 8. The fourth-order valence-electron chi connectivity index (χ4n) is 3.79. The molecular weight excluding hydrogens is 356 g/mol. The van der Waals surface area contributed by atoms with Gasteiger partial charge in [0.1, 0.15) is 0 Å². The van der Waals surface area contributed by atoms with Gasteiger partial charge in [-0.15, -0.1) is 0 Å². The standard InChI is InChI=1S/C21H34N4O3/c1-4-22-21(24-14-18-6-5-11-28-18)23-8-10-25-9-7-16-12-19(26-2)20(27-3)13-17(16)15-25/h12-13,18H,4-11,14-15H2,1-3H3,(H2,22,23,24). The number of nitrogens with zero attached hydrogens (tertiary/aromatic N) is 2. The van der Waals surface area contributed by atoms with Crippen molar-refractivity contribution in [2.24, 2.45) is 4.99 Å². The minimum Gasteiger partial charge on any atom is -0.493 e. The number of hydrogen-bond donors (Lipinski definition) is 2. The van der Waals surface area contributed by atoms with Gasteiger partial charge in [-0.25, -0.2) is 0 Å². The summed E-state index contributed by atoms with van der Waals surface area (Å²) in [7, 11) is 3.38. The maximum atomic E-state index is 5.66. The van der Waals surface area contributed by atoms with Crippen LogP contribution in [-0.4, -0.2) is 70.5 Å². The van der Waals surface area contributed by atoms with Crippen LogP contribution in [0.1, 0.15) is 30.9 Å². The van der Waals surface area contributed by atoms with Gasteiger partial charge < -0.3 is 24.8 Å². The molecule has 1 fully saturated rings. The van der Waals surface area contributed by atoms with Crippen LogP contribution < -0.4 is 20.1 Å². The molecule has 0 saturated carbocycles. The third kappa shape index (κ3) is 5.52. The minimum absolute atomic E-state index is 0.279. The normalized spacial score (nSPS) is 20.0. The number of hydrogen-bond acceptors (Lipinski definition) is 5. The number of fused-ring (bicyclic) bond motifs is 1. The SMILES string of the molecule is CCNC(=NCC1CCCO1)NCCN1CCc2cc(OC)c(OC)cc2C1. The number of nitrogens with one attached hydrogen (secondary N) is 2. The lowest BCUT2D eigenvalue weighted by molar-refractivity contribution is 0.117. The maximum Gasteiger partial charge on any atom is 0.191 e. The summed E-state index contributed by atoms with van der Waals surface area (Å²) in [6.45, 7) is 8.36. The topological polar surface area (TPSA) is 67.4 Å². The average Bonchev–Trinajstić information content (AvgIpc) is 3.24. The second-order valence-electron chi connectivity index (χ2n) is 7.28. The molecule has 0 bridgehead atoms. The van der Waals surface area contributed by atoms with E-state index in [4.69, 9.17) is 14.2 Å². The maximum absolute atomic E-state index is 5.66. The molecule has 156 valence electrons. The summed E-state index contributed by atoms with van der Waals surface area (Å²) in [6, 6.07) is 4.23. The van der Waals surface area contributed by atoms with Crippen LogP contribution >= 0.6 is 0 Å². The number of methoxy groups -OCH3 is 2. The Kier molecular flexibility index (Phi) is 7.80. The molecule has 1 aromatic carbocycles. The zero-order valence-electron chi connectivity index (χ0n) is 17.4. The molecule has 0 aromatic heterocycles. The van der Waals surface area contributed by atoms with Gasteiger partial charge in [0.2, 0.25) is 0 Å². The third-order valence-corrected chi connectivity index (χ3v) is 5.34. The van der Waals surface area contributed by atoms with Crippen molar-refractivity contribution >= 4 is 5.96 Å². The number of benzene rings is 1. The summed E-state index contributed by atoms with van der Waals surface area (Å²) in [5.41, 5.74) is 2.68. The van der Waals surface area contributed by atoms with Crippen LogP contribution in [0, 0.1) is 0 Å². The van der Waals surface area contributed by atoms with Crippen LogP contribution in [0.15, 0.2) is 17.1 Å². The molecule has 1 atom stereocenters. The highest BCUT2D eigenvalue weighted by atomic mass is 16.5. The molecule has 1 saturated heterocycles.